The zero-order valence-corrected chi connectivity index (χ0v) is 16.0. The highest BCUT2D eigenvalue weighted by atomic mass is 16.7. The van der Waals surface area contributed by atoms with Gasteiger partial charge in [-0.25, -0.2) is 9.97 Å². The highest BCUT2D eigenvalue weighted by Gasteiger charge is 2.43. The first-order valence-corrected chi connectivity index (χ1v) is 10.1. The Balaban J connectivity index is 1.22. The lowest BCUT2D eigenvalue weighted by molar-refractivity contribution is 0.0784. The highest BCUT2D eigenvalue weighted by Crippen LogP contribution is 2.43. The van der Waals surface area contributed by atoms with E-state index in [0.717, 1.165) is 37.7 Å². The summed E-state index contributed by atoms with van der Waals surface area (Å²) in [7, 11) is 0. The molecule has 0 N–H and O–H groups in total. The summed E-state index contributed by atoms with van der Waals surface area (Å²) in [5.74, 6) is 2.86. The van der Waals surface area contributed by atoms with Crippen molar-refractivity contribution < 1.29 is 19.0 Å². The number of carbonyl (C=O) groups is 1. The lowest BCUT2D eigenvalue weighted by Gasteiger charge is -2.27. The first kappa shape index (κ1) is 17.0. The minimum atomic E-state index is 0.0432. The normalized spacial score (nSPS) is 24.6. The molecule has 4 heterocycles. The first-order chi connectivity index (χ1) is 14.3. The lowest BCUT2D eigenvalue weighted by atomic mass is 9.99. The Kier molecular flexibility index (Phi) is 3.87. The summed E-state index contributed by atoms with van der Waals surface area (Å²) in [6.07, 6.45) is 2.92. The minimum Gasteiger partial charge on any atom is -0.454 e. The molecule has 29 heavy (non-hydrogen) atoms. The molecule has 2 aromatic rings. The number of ether oxygens (including phenoxy) is 3. The number of fused-ring (bicyclic) bond motifs is 4. The molecular weight excluding hydrogens is 372 g/mol. The van der Waals surface area contributed by atoms with E-state index in [1.165, 1.54) is 5.56 Å². The molecule has 6 rings (SSSR count). The molecule has 1 aliphatic carbocycles. The molecule has 0 radical (unpaired) electrons. The average Bonchev–Trinajstić information content (AvgIpc) is 3.47. The summed E-state index contributed by atoms with van der Waals surface area (Å²) in [6.45, 7) is 4.73. The number of anilines is 1. The van der Waals surface area contributed by atoms with Crippen LogP contribution in [0.5, 0.6) is 11.5 Å². The number of carbonyl (C=O) groups excluding carboxylic acids is 1. The Labute approximate surface area is 168 Å². The van der Waals surface area contributed by atoms with Crippen LogP contribution in [0.15, 0.2) is 24.4 Å². The van der Waals surface area contributed by atoms with Crippen molar-refractivity contribution in [1.29, 1.82) is 0 Å². The van der Waals surface area contributed by atoms with E-state index in [1.807, 2.05) is 23.2 Å². The van der Waals surface area contributed by atoms with Gasteiger partial charge in [0.25, 0.3) is 5.91 Å². The van der Waals surface area contributed by atoms with Gasteiger partial charge in [0.15, 0.2) is 11.5 Å². The minimum absolute atomic E-state index is 0.0432. The van der Waals surface area contributed by atoms with Crippen LogP contribution in [0.3, 0.4) is 0 Å². The molecule has 1 amide bonds. The van der Waals surface area contributed by atoms with Gasteiger partial charge in [-0.3, -0.25) is 4.79 Å². The molecule has 2 atom stereocenters. The van der Waals surface area contributed by atoms with E-state index in [-0.39, 0.29) is 18.6 Å². The Morgan fingerprint density at radius 3 is 2.86 bits per heavy atom. The fourth-order valence-corrected chi connectivity index (χ4v) is 4.85. The molecular formula is C21H22N4O4. The number of nitrogens with zero attached hydrogens (tertiary/aromatic N) is 4. The van der Waals surface area contributed by atoms with Gasteiger partial charge in [0.05, 0.1) is 18.9 Å². The Morgan fingerprint density at radius 2 is 1.97 bits per heavy atom. The molecule has 1 aromatic carbocycles. The molecule has 2 saturated heterocycles. The number of aromatic nitrogens is 2. The number of hydrogen-bond acceptors (Lipinski definition) is 7. The smallest absolute Gasteiger partial charge is 0.254 e. The van der Waals surface area contributed by atoms with Gasteiger partial charge < -0.3 is 24.0 Å². The molecule has 4 aliphatic rings. The monoisotopic (exact) mass is 394 g/mol. The predicted molar refractivity (Wildman–Crippen MR) is 103 cm³/mol. The van der Waals surface area contributed by atoms with Crippen LogP contribution in [0.4, 0.5) is 5.95 Å². The standard InChI is InChI=1S/C21H22N4O4/c26-20(13-1-2-17-18(8-13)29-12-28-17)25-10-15-7-14-9-22-21(23-19(14)16(15)11-25)24-3-5-27-6-4-24/h1-2,8-9,15-16H,3-7,10-12H2/t15-,16+/m1/s1. The molecule has 150 valence electrons. The molecule has 0 spiro atoms. The molecule has 0 unspecified atom stereocenters. The molecule has 1 aromatic heterocycles. The Bertz CT molecular complexity index is 975. The van der Waals surface area contributed by atoms with Gasteiger partial charge in [-0.1, -0.05) is 0 Å². The first-order valence-electron chi connectivity index (χ1n) is 10.1. The molecule has 3 aliphatic heterocycles. The maximum atomic E-state index is 13.1. The number of likely N-dealkylation sites (tertiary alicyclic amines) is 1. The van der Waals surface area contributed by atoms with Crippen molar-refractivity contribution in [1.82, 2.24) is 14.9 Å². The van der Waals surface area contributed by atoms with Gasteiger partial charge in [-0.15, -0.1) is 0 Å². The van der Waals surface area contributed by atoms with Crippen molar-refractivity contribution in [2.45, 2.75) is 12.3 Å². The molecule has 0 saturated carbocycles. The van der Waals surface area contributed by atoms with Crippen molar-refractivity contribution in [3.63, 3.8) is 0 Å². The fraction of sp³-hybridized carbons (Fsp3) is 0.476. The second-order valence-corrected chi connectivity index (χ2v) is 8.03. The Hall–Kier alpha value is -2.87. The third kappa shape index (κ3) is 2.81. The summed E-state index contributed by atoms with van der Waals surface area (Å²) in [4.78, 5) is 26.7. The van der Waals surface area contributed by atoms with Gasteiger partial charge >= 0.3 is 0 Å². The zero-order chi connectivity index (χ0) is 19.4. The summed E-state index contributed by atoms with van der Waals surface area (Å²) < 4.78 is 16.2. The maximum absolute atomic E-state index is 13.1. The van der Waals surface area contributed by atoms with Gasteiger partial charge in [0.2, 0.25) is 12.7 Å². The highest BCUT2D eigenvalue weighted by molar-refractivity contribution is 5.95. The van der Waals surface area contributed by atoms with Crippen LogP contribution < -0.4 is 14.4 Å². The third-order valence-corrected chi connectivity index (χ3v) is 6.36. The van der Waals surface area contributed by atoms with E-state index in [1.54, 1.807) is 6.07 Å². The number of benzene rings is 1. The second kappa shape index (κ2) is 6.59. The molecule has 8 heteroatoms. The van der Waals surface area contributed by atoms with Crippen molar-refractivity contribution in [3.05, 3.63) is 41.2 Å². The fourth-order valence-electron chi connectivity index (χ4n) is 4.85. The van der Waals surface area contributed by atoms with Crippen LogP contribution in [-0.4, -0.2) is 67.0 Å². The van der Waals surface area contributed by atoms with Crippen molar-refractivity contribution in [3.8, 4) is 11.5 Å². The van der Waals surface area contributed by atoms with E-state index in [9.17, 15) is 4.79 Å². The average molecular weight is 394 g/mol. The summed E-state index contributed by atoms with van der Waals surface area (Å²) in [6, 6.07) is 5.41. The van der Waals surface area contributed by atoms with Crippen molar-refractivity contribution >= 4 is 11.9 Å². The number of hydrogen-bond donors (Lipinski definition) is 0. The van der Waals surface area contributed by atoms with E-state index in [4.69, 9.17) is 19.2 Å². The van der Waals surface area contributed by atoms with E-state index in [2.05, 4.69) is 9.88 Å². The largest absolute Gasteiger partial charge is 0.454 e. The van der Waals surface area contributed by atoms with E-state index in [0.29, 0.717) is 42.7 Å². The van der Waals surface area contributed by atoms with E-state index < -0.39 is 0 Å². The predicted octanol–water partition coefficient (Wildman–Crippen LogP) is 1.45. The summed E-state index contributed by atoms with van der Waals surface area (Å²) in [5.41, 5.74) is 2.99. The SMILES string of the molecule is O=C(c1ccc2c(c1)OCO2)N1C[C@H]2Cc3cnc(N4CCOCC4)nc3[C@H]2C1. The van der Waals surface area contributed by atoms with Crippen LogP contribution in [-0.2, 0) is 11.2 Å². The van der Waals surface area contributed by atoms with Gasteiger partial charge in [0, 0.05) is 43.9 Å². The quantitative estimate of drug-likeness (QED) is 0.763. The second-order valence-electron chi connectivity index (χ2n) is 8.03. The zero-order valence-electron chi connectivity index (χ0n) is 16.0. The van der Waals surface area contributed by atoms with Crippen LogP contribution in [0, 0.1) is 5.92 Å². The number of amides is 1. The molecule has 8 nitrogen and oxygen atoms in total. The number of rotatable bonds is 2. The van der Waals surface area contributed by atoms with Crippen molar-refractivity contribution in [2.75, 3.05) is 51.1 Å². The van der Waals surface area contributed by atoms with Crippen LogP contribution in [0.2, 0.25) is 0 Å². The molecule has 0 bridgehead atoms. The van der Waals surface area contributed by atoms with E-state index >= 15 is 0 Å². The van der Waals surface area contributed by atoms with Gasteiger partial charge in [0.1, 0.15) is 0 Å². The van der Waals surface area contributed by atoms with Gasteiger partial charge in [-0.05, 0) is 36.1 Å². The van der Waals surface area contributed by atoms with Crippen LogP contribution in [0.25, 0.3) is 0 Å². The summed E-state index contributed by atoms with van der Waals surface area (Å²) >= 11 is 0. The topological polar surface area (TPSA) is 77.0 Å². The lowest BCUT2D eigenvalue weighted by Crippen LogP contribution is -2.37. The molecule has 2 fully saturated rings. The van der Waals surface area contributed by atoms with Gasteiger partial charge in [-0.2, -0.15) is 0 Å². The summed E-state index contributed by atoms with van der Waals surface area (Å²) in [5, 5.41) is 0. The van der Waals surface area contributed by atoms with Crippen LogP contribution >= 0.6 is 0 Å². The Morgan fingerprint density at radius 1 is 1.10 bits per heavy atom. The van der Waals surface area contributed by atoms with Crippen LogP contribution in [0.1, 0.15) is 27.5 Å². The maximum Gasteiger partial charge on any atom is 0.254 e. The van der Waals surface area contributed by atoms with Crippen molar-refractivity contribution in [2.24, 2.45) is 5.92 Å². The number of morpholine rings is 1. The third-order valence-electron chi connectivity index (χ3n) is 6.36.